The third kappa shape index (κ3) is 3.32. The molecule has 140 valence electrons. The molecule has 27 heavy (non-hydrogen) atoms. The lowest BCUT2D eigenvalue weighted by atomic mass is 10.2. The summed E-state index contributed by atoms with van der Waals surface area (Å²) in [5, 5.41) is 5.02. The van der Waals surface area contributed by atoms with Crippen LogP contribution in [0.2, 0.25) is 0 Å². The van der Waals surface area contributed by atoms with Crippen LogP contribution in [0.1, 0.15) is 35.6 Å². The van der Waals surface area contributed by atoms with Crippen molar-refractivity contribution in [3.05, 3.63) is 63.5 Å². The number of ether oxygens (including phenoxy) is 1. The number of rotatable bonds is 4. The van der Waals surface area contributed by atoms with Gasteiger partial charge in [0.25, 0.3) is 5.56 Å². The summed E-state index contributed by atoms with van der Waals surface area (Å²) in [6.45, 7) is 7.69. The highest BCUT2D eigenvalue weighted by Gasteiger charge is 2.18. The van der Waals surface area contributed by atoms with E-state index in [1.807, 2.05) is 18.2 Å². The molecule has 0 spiro atoms. The Labute approximate surface area is 158 Å². The monoisotopic (exact) mass is 364 g/mol. The van der Waals surface area contributed by atoms with E-state index in [4.69, 9.17) is 4.74 Å². The molecule has 6 heteroatoms. The number of nitrogens with zero attached hydrogens (tertiary/aromatic N) is 4. The summed E-state index contributed by atoms with van der Waals surface area (Å²) in [6, 6.07) is 9.45. The maximum absolute atomic E-state index is 12.7. The molecule has 3 heterocycles. The van der Waals surface area contributed by atoms with Crippen LogP contribution in [0.25, 0.3) is 10.9 Å². The Balaban J connectivity index is 1.67. The molecule has 0 aliphatic carbocycles. The van der Waals surface area contributed by atoms with Crippen molar-refractivity contribution in [3.8, 4) is 0 Å². The first kappa shape index (κ1) is 17.7. The lowest BCUT2D eigenvalue weighted by molar-refractivity contribution is 0.0962. The van der Waals surface area contributed by atoms with Gasteiger partial charge in [-0.2, -0.15) is 9.78 Å². The molecule has 1 aliphatic heterocycles. The first-order chi connectivity index (χ1) is 13.0. The highest BCUT2D eigenvalue weighted by Crippen LogP contribution is 2.19. The molecule has 3 aromatic rings. The van der Waals surface area contributed by atoms with Crippen LogP contribution in [0.4, 0.5) is 0 Å². The number of hydrogen-bond donors (Lipinski definition) is 0. The molecule has 0 amide bonds. The van der Waals surface area contributed by atoms with Gasteiger partial charge in [0.05, 0.1) is 23.2 Å². The molecule has 1 atom stereocenters. The maximum Gasteiger partial charge on any atom is 0.282 e. The van der Waals surface area contributed by atoms with Crippen LogP contribution >= 0.6 is 0 Å². The van der Waals surface area contributed by atoms with Gasteiger partial charge in [-0.1, -0.05) is 12.1 Å². The molecule has 0 radical (unpaired) electrons. The van der Waals surface area contributed by atoms with Gasteiger partial charge in [-0.15, -0.1) is 0 Å². The minimum Gasteiger partial charge on any atom is -0.376 e. The van der Waals surface area contributed by atoms with E-state index < -0.39 is 0 Å². The average Bonchev–Trinajstić information content (AvgIpc) is 3.26. The van der Waals surface area contributed by atoms with Crippen molar-refractivity contribution in [2.75, 3.05) is 6.61 Å². The molecule has 0 bridgehead atoms. The highest BCUT2D eigenvalue weighted by atomic mass is 16.5. The van der Waals surface area contributed by atoms with E-state index in [0.717, 1.165) is 37.3 Å². The fourth-order valence-corrected chi connectivity index (χ4v) is 3.72. The number of hydrogen-bond acceptors (Lipinski definition) is 4. The second kappa shape index (κ2) is 7.12. The van der Waals surface area contributed by atoms with Gasteiger partial charge >= 0.3 is 0 Å². The zero-order valence-corrected chi connectivity index (χ0v) is 16.0. The Morgan fingerprint density at radius 3 is 2.89 bits per heavy atom. The highest BCUT2D eigenvalue weighted by molar-refractivity contribution is 5.82. The van der Waals surface area contributed by atoms with Crippen molar-refractivity contribution in [3.63, 3.8) is 0 Å². The molecule has 0 N–H and O–H groups in total. The van der Waals surface area contributed by atoms with Crippen molar-refractivity contribution in [2.45, 2.75) is 46.3 Å². The topological polar surface area (TPSA) is 61.4 Å². The predicted molar refractivity (Wildman–Crippen MR) is 107 cm³/mol. The first-order valence-electron chi connectivity index (χ1n) is 9.35. The number of para-hydroxylation sites is 1. The summed E-state index contributed by atoms with van der Waals surface area (Å²) in [4.78, 5) is 17.2. The van der Waals surface area contributed by atoms with E-state index in [9.17, 15) is 4.79 Å². The summed E-state index contributed by atoms with van der Waals surface area (Å²) >= 11 is 0. The molecule has 1 saturated heterocycles. The molecule has 1 aromatic carbocycles. The third-order valence-corrected chi connectivity index (χ3v) is 5.25. The molecular weight excluding hydrogens is 340 g/mol. The average molecular weight is 364 g/mol. The SMILES string of the molecule is Cc1cc(/C=N\n2c(C)nc3ccccc3c2=O)c(C)n1C[C@@H]1CCCO1. The molecule has 1 fully saturated rings. The van der Waals surface area contributed by atoms with E-state index in [1.54, 1.807) is 19.2 Å². The minimum absolute atomic E-state index is 0.150. The molecule has 4 rings (SSSR count). The van der Waals surface area contributed by atoms with Crippen molar-refractivity contribution in [2.24, 2.45) is 5.10 Å². The van der Waals surface area contributed by atoms with Crippen LogP contribution in [0.5, 0.6) is 0 Å². The Bertz CT molecular complexity index is 1070. The van der Waals surface area contributed by atoms with Crippen molar-refractivity contribution in [1.82, 2.24) is 14.2 Å². The summed E-state index contributed by atoms with van der Waals surface area (Å²) in [5.74, 6) is 0.572. The first-order valence-corrected chi connectivity index (χ1v) is 9.35. The van der Waals surface area contributed by atoms with E-state index in [-0.39, 0.29) is 11.7 Å². The van der Waals surface area contributed by atoms with Gasteiger partial charge in [0, 0.05) is 30.1 Å². The summed E-state index contributed by atoms with van der Waals surface area (Å²) in [5.41, 5.74) is 3.85. The van der Waals surface area contributed by atoms with Crippen LogP contribution in [-0.4, -0.2) is 33.2 Å². The quantitative estimate of drug-likeness (QED) is 0.668. The lowest BCUT2D eigenvalue weighted by Gasteiger charge is -2.14. The van der Waals surface area contributed by atoms with Gasteiger partial charge in [-0.25, -0.2) is 4.98 Å². The van der Waals surface area contributed by atoms with E-state index in [0.29, 0.717) is 16.7 Å². The van der Waals surface area contributed by atoms with Crippen LogP contribution in [0.15, 0.2) is 40.2 Å². The van der Waals surface area contributed by atoms with Gasteiger partial charge in [0.1, 0.15) is 5.82 Å². The summed E-state index contributed by atoms with van der Waals surface area (Å²) in [6.07, 6.45) is 4.28. The van der Waals surface area contributed by atoms with E-state index >= 15 is 0 Å². The largest absolute Gasteiger partial charge is 0.376 e. The second-order valence-corrected chi connectivity index (χ2v) is 7.11. The Hall–Kier alpha value is -2.73. The van der Waals surface area contributed by atoms with E-state index in [2.05, 4.69) is 34.6 Å². The number of aromatic nitrogens is 3. The Morgan fingerprint density at radius 1 is 1.30 bits per heavy atom. The molecule has 0 unspecified atom stereocenters. The van der Waals surface area contributed by atoms with Crippen LogP contribution in [-0.2, 0) is 11.3 Å². The molecule has 0 saturated carbocycles. The van der Waals surface area contributed by atoms with Crippen molar-refractivity contribution < 1.29 is 4.74 Å². The van der Waals surface area contributed by atoms with Gasteiger partial charge in [0.2, 0.25) is 0 Å². The smallest absolute Gasteiger partial charge is 0.282 e. The fraction of sp³-hybridized carbons (Fsp3) is 0.381. The third-order valence-electron chi connectivity index (χ3n) is 5.25. The van der Waals surface area contributed by atoms with Crippen LogP contribution < -0.4 is 5.56 Å². The Morgan fingerprint density at radius 2 is 2.11 bits per heavy atom. The molecule has 1 aliphatic rings. The number of fused-ring (bicyclic) bond motifs is 1. The van der Waals surface area contributed by atoms with Gasteiger partial charge in [0.15, 0.2) is 0 Å². The molecular formula is C21H24N4O2. The maximum atomic E-state index is 12.7. The van der Waals surface area contributed by atoms with Crippen molar-refractivity contribution >= 4 is 17.1 Å². The minimum atomic E-state index is -0.150. The Kier molecular flexibility index (Phi) is 4.66. The second-order valence-electron chi connectivity index (χ2n) is 7.11. The summed E-state index contributed by atoms with van der Waals surface area (Å²) < 4.78 is 9.41. The molecule has 6 nitrogen and oxygen atoms in total. The lowest BCUT2D eigenvalue weighted by Crippen LogP contribution is -2.20. The zero-order valence-electron chi connectivity index (χ0n) is 16.0. The standard InChI is InChI=1S/C21H24N4O2/c1-14-11-17(15(2)24(14)13-18-7-6-10-27-18)12-22-25-16(3)23-20-9-5-4-8-19(20)21(25)26/h4-5,8-9,11-12,18H,6-7,10,13H2,1-3H3/b22-12-/t18-/m0/s1. The van der Waals surface area contributed by atoms with Crippen LogP contribution in [0.3, 0.4) is 0 Å². The molecule has 2 aromatic heterocycles. The van der Waals surface area contributed by atoms with Gasteiger partial charge < -0.3 is 9.30 Å². The fourth-order valence-electron chi connectivity index (χ4n) is 3.72. The van der Waals surface area contributed by atoms with Gasteiger partial charge in [-0.05, 0) is 51.8 Å². The normalized spacial score (nSPS) is 17.4. The van der Waals surface area contributed by atoms with E-state index in [1.165, 1.54) is 10.4 Å². The summed E-state index contributed by atoms with van der Waals surface area (Å²) in [7, 11) is 0. The number of aryl methyl sites for hydroxylation is 2. The number of benzene rings is 1. The predicted octanol–water partition coefficient (Wildman–Crippen LogP) is 3.18. The van der Waals surface area contributed by atoms with Crippen molar-refractivity contribution in [1.29, 1.82) is 0 Å². The van der Waals surface area contributed by atoms with Gasteiger partial charge in [-0.3, -0.25) is 4.79 Å². The zero-order chi connectivity index (χ0) is 19.0. The van der Waals surface area contributed by atoms with Crippen LogP contribution in [0, 0.1) is 20.8 Å².